The summed E-state index contributed by atoms with van der Waals surface area (Å²) in [7, 11) is 0. The monoisotopic (exact) mass is 205 g/mol. The van der Waals surface area contributed by atoms with Crippen LogP contribution in [-0.2, 0) is 4.79 Å². The van der Waals surface area contributed by atoms with Crippen molar-refractivity contribution < 1.29 is 13.6 Å². The normalized spacial score (nSPS) is 24.6. The molecule has 82 valence electrons. The van der Waals surface area contributed by atoms with E-state index in [0.717, 1.165) is 0 Å². The molecule has 1 aliphatic rings. The van der Waals surface area contributed by atoms with E-state index in [1.165, 1.54) is 6.92 Å². The van der Waals surface area contributed by atoms with E-state index in [1.807, 2.05) is 0 Å². The van der Waals surface area contributed by atoms with E-state index in [-0.39, 0.29) is 30.6 Å². The van der Waals surface area contributed by atoms with Gasteiger partial charge < -0.3 is 5.73 Å². The predicted molar refractivity (Wildman–Crippen MR) is 50.2 cm³/mol. The van der Waals surface area contributed by atoms with Gasteiger partial charge in [-0.1, -0.05) is 0 Å². The number of halogens is 2. The van der Waals surface area contributed by atoms with Gasteiger partial charge in [0.15, 0.2) is 0 Å². The summed E-state index contributed by atoms with van der Waals surface area (Å²) in [6, 6.07) is -0.233. The third-order valence-electron chi connectivity index (χ3n) is 2.89. The SMILES string of the molecule is CC(=O)C[C@@H](N)C1CCC(F)(F)CC1. The molecule has 1 fully saturated rings. The molecular weight excluding hydrogens is 188 g/mol. The van der Waals surface area contributed by atoms with E-state index < -0.39 is 5.92 Å². The topological polar surface area (TPSA) is 43.1 Å². The van der Waals surface area contributed by atoms with Crippen molar-refractivity contribution >= 4 is 5.78 Å². The van der Waals surface area contributed by atoms with Crippen LogP contribution in [0.3, 0.4) is 0 Å². The average molecular weight is 205 g/mol. The lowest BCUT2D eigenvalue weighted by Gasteiger charge is -2.31. The van der Waals surface area contributed by atoms with Crippen molar-refractivity contribution in [2.45, 2.75) is 51.0 Å². The Bertz CT molecular complexity index is 208. The maximum Gasteiger partial charge on any atom is 0.248 e. The van der Waals surface area contributed by atoms with E-state index in [4.69, 9.17) is 5.73 Å². The van der Waals surface area contributed by atoms with Crippen LogP contribution in [0, 0.1) is 5.92 Å². The van der Waals surface area contributed by atoms with Crippen molar-refractivity contribution in [1.82, 2.24) is 0 Å². The first kappa shape index (κ1) is 11.6. The Labute approximate surface area is 82.9 Å². The molecule has 1 rings (SSSR count). The molecule has 0 spiro atoms. The Morgan fingerprint density at radius 2 is 2.00 bits per heavy atom. The van der Waals surface area contributed by atoms with Gasteiger partial charge in [0.25, 0.3) is 0 Å². The van der Waals surface area contributed by atoms with Gasteiger partial charge in [-0.3, -0.25) is 4.79 Å². The number of hydrogen-bond donors (Lipinski definition) is 1. The second kappa shape index (κ2) is 4.34. The maximum atomic E-state index is 12.8. The number of rotatable bonds is 3. The van der Waals surface area contributed by atoms with E-state index in [1.54, 1.807) is 0 Å². The Hall–Kier alpha value is -0.510. The highest BCUT2D eigenvalue weighted by molar-refractivity contribution is 5.76. The Balaban J connectivity index is 2.37. The summed E-state index contributed by atoms with van der Waals surface area (Å²) in [6.07, 6.45) is 1.05. The van der Waals surface area contributed by atoms with Crippen LogP contribution in [0.2, 0.25) is 0 Å². The zero-order chi connectivity index (χ0) is 10.8. The number of hydrogen-bond acceptors (Lipinski definition) is 2. The summed E-state index contributed by atoms with van der Waals surface area (Å²) in [4.78, 5) is 10.8. The molecule has 1 saturated carbocycles. The van der Waals surface area contributed by atoms with Crippen molar-refractivity contribution in [3.8, 4) is 0 Å². The van der Waals surface area contributed by atoms with Crippen LogP contribution in [0.4, 0.5) is 8.78 Å². The molecule has 1 aliphatic carbocycles. The maximum absolute atomic E-state index is 12.8. The van der Waals surface area contributed by atoms with Crippen molar-refractivity contribution in [3.05, 3.63) is 0 Å². The molecule has 0 aromatic heterocycles. The molecule has 0 saturated heterocycles. The van der Waals surface area contributed by atoms with Crippen molar-refractivity contribution in [2.24, 2.45) is 11.7 Å². The van der Waals surface area contributed by atoms with Gasteiger partial charge in [0, 0.05) is 25.3 Å². The van der Waals surface area contributed by atoms with E-state index in [9.17, 15) is 13.6 Å². The summed E-state index contributed by atoms with van der Waals surface area (Å²) >= 11 is 0. The largest absolute Gasteiger partial charge is 0.327 e. The quantitative estimate of drug-likeness (QED) is 0.766. The van der Waals surface area contributed by atoms with Gasteiger partial charge >= 0.3 is 0 Å². The second-order valence-corrected chi connectivity index (χ2v) is 4.26. The first-order chi connectivity index (χ1) is 6.41. The predicted octanol–water partition coefficient (Wildman–Crippen LogP) is 2.12. The standard InChI is InChI=1S/C10H17F2NO/c1-7(14)6-9(13)8-2-4-10(11,12)5-3-8/h8-9H,2-6,13H2,1H3/t9-/m1/s1. The third-order valence-corrected chi connectivity index (χ3v) is 2.89. The molecule has 0 aromatic rings. The number of alkyl halides is 2. The van der Waals surface area contributed by atoms with Gasteiger partial charge in [0.1, 0.15) is 5.78 Å². The van der Waals surface area contributed by atoms with Gasteiger partial charge in [0.2, 0.25) is 5.92 Å². The lowest BCUT2D eigenvalue weighted by atomic mass is 9.81. The molecule has 0 bridgehead atoms. The summed E-state index contributed by atoms with van der Waals surface area (Å²) in [6.45, 7) is 1.48. The van der Waals surface area contributed by atoms with Crippen LogP contribution in [0.25, 0.3) is 0 Å². The highest BCUT2D eigenvalue weighted by Gasteiger charge is 2.36. The number of ketones is 1. The van der Waals surface area contributed by atoms with Gasteiger partial charge in [0.05, 0.1) is 0 Å². The molecular formula is C10H17F2NO. The first-order valence-corrected chi connectivity index (χ1v) is 5.03. The van der Waals surface area contributed by atoms with Crippen molar-refractivity contribution in [1.29, 1.82) is 0 Å². The Kier molecular flexibility index (Phi) is 3.59. The van der Waals surface area contributed by atoms with Crippen LogP contribution in [0.15, 0.2) is 0 Å². The molecule has 0 unspecified atom stereocenters. The zero-order valence-corrected chi connectivity index (χ0v) is 8.43. The summed E-state index contributed by atoms with van der Waals surface area (Å²) < 4.78 is 25.6. The summed E-state index contributed by atoms with van der Waals surface area (Å²) in [5.41, 5.74) is 5.77. The smallest absolute Gasteiger partial charge is 0.248 e. The lowest BCUT2D eigenvalue weighted by molar-refractivity contribution is -0.117. The minimum atomic E-state index is -2.51. The molecule has 0 aromatic carbocycles. The first-order valence-electron chi connectivity index (χ1n) is 5.03. The molecule has 0 amide bonds. The van der Waals surface area contributed by atoms with Gasteiger partial charge in [-0.05, 0) is 25.7 Å². The molecule has 0 heterocycles. The lowest BCUT2D eigenvalue weighted by Crippen LogP contribution is -2.37. The molecule has 1 atom stereocenters. The van der Waals surface area contributed by atoms with Crippen LogP contribution in [0.1, 0.15) is 39.0 Å². The summed E-state index contributed by atoms with van der Waals surface area (Å²) in [5, 5.41) is 0. The zero-order valence-electron chi connectivity index (χ0n) is 8.43. The van der Waals surface area contributed by atoms with Gasteiger partial charge in [-0.2, -0.15) is 0 Å². The fourth-order valence-electron chi connectivity index (χ4n) is 1.99. The number of nitrogens with two attached hydrogens (primary N) is 1. The molecule has 2 N–H and O–H groups in total. The van der Waals surface area contributed by atoms with Crippen molar-refractivity contribution in [2.75, 3.05) is 0 Å². The highest BCUT2D eigenvalue weighted by Crippen LogP contribution is 2.37. The van der Waals surface area contributed by atoms with Crippen LogP contribution >= 0.6 is 0 Å². The summed E-state index contributed by atoms with van der Waals surface area (Å²) in [5.74, 6) is -2.37. The second-order valence-electron chi connectivity index (χ2n) is 4.26. The Morgan fingerprint density at radius 1 is 1.50 bits per heavy atom. The molecule has 0 radical (unpaired) electrons. The minimum absolute atomic E-state index is 0.0369. The van der Waals surface area contributed by atoms with Gasteiger partial charge in [-0.15, -0.1) is 0 Å². The minimum Gasteiger partial charge on any atom is -0.327 e. The van der Waals surface area contributed by atoms with Crippen LogP contribution in [0.5, 0.6) is 0 Å². The van der Waals surface area contributed by atoms with Gasteiger partial charge in [-0.25, -0.2) is 8.78 Å². The molecule has 14 heavy (non-hydrogen) atoms. The average Bonchev–Trinajstić information content (AvgIpc) is 2.02. The van der Waals surface area contributed by atoms with E-state index in [0.29, 0.717) is 19.3 Å². The Morgan fingerprint density at radius 3 is 2.43 bits per heavy atom. The fourth-order valence-corrected chi connectivity index (χ4v) is 1.99. The highest BCUT2D eigenvalue weighted by atomic mass is 19.3. The van der Waals surface area contributed by atoms with E-state index >= 15 is 0 Å². The number of Topliss-reactive ketones (excluding diaryl/α,β-unsaturated/α-hetero) is 1. The van der Waals surface area contributed by atoms with Crippen molar-refractivity contribution in [3.63, 3.8) is 0 Å². The molecule has 2 nitrogen and oxygen atoms in total. The molecule has 4 heteroatoms. The van der Waals surface area contributed by atoms with Crippen LogP contribution in [-0.4, -0.2) is 17.7 Å². The molecule has 0 aliphatic heterocycles. The number of carbonyl (C=O) groups excluding carboxylic acids is 1. The van der Waals surface area contributed by atoms with Crippen LogP contribution < -0.4 is 5.73 Å². The van der Waals surface area contributed by atoms with E-state index in [2.05, 4.69) is 0 Å². The fraction of sp³-hybridized carbons (Fsp3) is 0.900. The third kappa shape index (κ3) is 3.33. The number of carbonyl (C=O) groups is 1.